The number of hydrogen-bond acceptors (Lipinski definition) is 4. The Labute approximate surface area is 181 Å². The summed E-state index contributed by atoms with van der Waals surface area (Å²) in [5.41, 5.74) is 1.73. The van der Waals surface area contributed by atoms with Crippen LogP contribution in [-0.4, -0.2) is 23.5 Å². The number of fused-ring (bicyclic) bond motifs is 2. The maximum absolute atomic E-state index is 6.06. The van der Waals surface area contributed by atoms with Gasteiger partial charge in [0, 0.05) is 11.5 Å². The first-order valence-corrected chi connectivity index (χ1v) is 7.13. The van der Waals surface area contributed by atoms with E-state index in [4.69, 9.17) is 27.9 Å². The molecule has 104 valence electrons. The second-order valence-electron chi connectivity index (χ2n) is 5.16. The van der Waals surface area contributed by atoms with Gasteiger partial charge in [0.25, 0.3) is 0 Å². The molecule has 0 N–H and O–H groups in total. The zero-order chi connectivity index (χ0) is 13.7. The van der Waals surface area contributed by atoms with Crippen LogP contribution in [0.25, 0.3) is 0 Å². The Bertz CT molecular complexity index is 674. The van der Waals surface area contributed by atoms with E-state index in [1.807, 2.05) is 18.2 Å². The van der Waals surface area contributed by atoms with Gasteiger partial charge in [0.05, 0.1) is 16.7 Å². The van der Waals surface area contributed by atoms with Crippen LogP contribution in [0.1, 0.15) is 17.7 Å². The summed E-state index contributed by atoms with van der Waals surface area (Å²) in [6.45, 7) is 2.30. The minimum Gasteiger partial charge on any atom is -0.422 e. The fourth-order valence-electron chi connectivity index (χ4n) is 2.63. The molecule has 0 aliphatic carbocycles. The van der Waals surface area contributed by atoms with Gasteiger partial charge in [-0.1, -0.05) is 29.3 Å². The van der Waals surface area contributed by atoms with Crippen molar-refractivity contribution in [1.82, 2.24) is 15.4 Å². The van der Waals surface area contributed by atoms with E-state index in [0.29, 0.717) is 16.6 Å². The normalized spacial score (nSPS) is 22.9. The Hall–Kier alpha value is 0.505. The number of aromatic nitrogens is 3. The van der Waals surface area contributed by atoms with Crippen molar-refractivity contribution in [2.45, 2.75) is 18.6 Å². The van der Waals surface area contributed by atoms with Crippen LogP contribution in [0, 0.1) is 0 Å². The average Bonchev–Trinajstić information content (AvgIpc) is 3.02. The van der Waals surface area contributed by atoms with Crippen LogP contribution < -0.4 is 68.2 Å². The molecule has 0 saturated carbocycles. The monoisotopic (exact) mass is 394 g/mol. The molecule has 1 fully saturated rings. The largest absolute Gasteiger partial charge is 1.00 e. The Balaban J connectivity index is 0.00000132. The first-order valence-electron chi connectivity index (χ1n) is 6.37. The molecule has 2 aromatic rings. The van der Waals surface area contributed by atoms with E-state index < -0.39 is 0 Å². The van der Waals surface area contributed by atoms with E-state index in [2.05, 4.69) is 20.3 Å². The fourth-order valence-corrected chi connectivity index (χ4v) is 2.95. The molecule has 4 rings (SSSR count). The zero-order valence-corrected chi connectivity index (χ0v) is 17.9. The number of rotatable bonds is 2. The predicted octanol–water partition coefficient (Wildman–Crippen LogP) is -0.620. The smallest absolute Gasteiger partial charge is 0.422 e. The molecule has 1 unspecified atom stereocenters. The van der Waals surface area contributed by atoms with Crippen molar-refractivity contribution in [2.24, 2.45) is 0 Å². The number of ether oxygens (including phenoxy) is 1. The molecule has 1 aromatic heterocycles. The zero-order valence-electron chi connectivity index (χ0n) is 11.5. The van der Waals surface area contributed by atoms with Crippen LogP contribution in [-0.2, 0) is 16.9 Å². The molecule has 5 nitrogen and oxygen atoms in total. The minimum absolute atomic E-state index is 0. The molecule has 2 aliphatic rings. The summed E-state index contributed by atoms with van der Waals surface area (Å²) < 4.78 is 5.55. The van der Waals surface area contributed by atoms with Crippen molar-refractivity contribution in [2.75, 3.05) is 18.1 Å². The molecule has 0 amide bonds. The number of hydrogen-bond donors (Lipinski definition) is 0. The molecular weight excluding hydrogens is 385 g/mol. The summed E-state index contributed by atoms with van der Waals surface area (Å²) in [6, 6.07) is 5.66. The standard InChI is InChI=1S/C13H11Cl2N4O.Rb/c14-9-2-1-8(5-10(9)15)6-19-4-3-13(7-20-13)11-12(19)17-18-16-11;/h1-2,5H,3-4,6-7H2;/q-1;+1. The first-order chi connectivity index (χ1) is 9.68. The van der Waals surface area contributed by atoms with Gasteiger partial charge in [-0.05, 0) is 37.2 Å². The maximum atomic E-state index is 6.06. The second kappa shape index (κ2) is 6.19. The van der Waals surface area contributed by atoms with Crippen molar-refractivity contribution in [3.8, 4) is 0 Å². The maximum Gasteiger partial charge on any atom is 1.00 e. The van der Waals surface area contributed by atoms with Crippen molar-refractivity contribution in [1.29, 1.82) is 0 Å². The molecule has 1 saturated heterocycles. The summed E-state index contributed by atoms with van der Waals surface area (Å²) in [5, 5.41) is 13.2. The van der Waals surface area contributed by atoms with E-state index >= 15 is 0 Å². The van der Waals surface area contributed by atoms with Gasteiger partial charge in [-0.25, -0.2) is 0 Å². The molecule has 2 aliphatic heterocycles. The Kier molecular flexibility index (Phi) is 4.82. The Morgan fingerprint density at radius 1 is 1.33 bits per heavy atom. The number of anilines is 1. The Morgan fingerprint density at radius 2 is 2.14 bits per heavy atom. The summed E-state index contributed by atoms with van der Waals surface area (Å²) in [5.74, 6) is 0.819. The quantitative estimate of drug-likeness (QED) is 0.635. The van der Waals surface area contributed by atoms with Crippen molar-refractivity contribution < 1.29 is 62.9 Å². The van der Waals surface area contributed by atoms with E-state index in [-0.39, 0.29) is 63.8 Å². The molecular formula is C13H11Cl2N4ORb. The van der Waals surface area contributed by atoms with Gasteiger partial charge in [-0.3, -0.25) is 10.2 Å². The molecule has 1 atom stereocenters. The van der Waals surface area contributed by atoms with Crippen LogP contribution in [0.5, 0.6) is 0 Å². The second-order valence-corrected chi connectivity index (χ2v) is 5.98. The summed E-state index contributed by atoms with van der Waals surface area (Å²) in [6.07, 6.45) is 0.918. The first kappa shape index (κ1) is 16.4. The Morgan fingerprint density at radius 3 is 2.86 bits per heavy atom. The van der Waals surface area contributed by atoms with Crippen LogP contribution in [0.2, 0.25) is 10.0 Å². The van der Waals surface area contributed by atoms with Crippen molar-refractivity contribution >= 4 is 29.0 Å². The number of nitrogens with zero attached hydrogens (tertiary/aromatic N) is 4. The third-order valence-electron chi connectivity index (χ3n) is 3.86. The van der Waals surface area contributed by atoms with E-state index in [1.165, 1.54) is 0 Å². The van der Waals surface area contributed by atoms with Crippen LogP contribution in [0.3, 0.4) is 0 Å². The van der Waals surface area contributed by atoms with Gasteiger partial charge in [-0.2, -0.15) is 5.21 Å². The third kappa shape index (κ3) is 2.98. The van der Waals surface area contributed by atoms with Crippen LogP contribution >= 0.6 is 23.2 Å². The number of benzene rings is 1. The van der Waals surface area contributed by atoms with E-state index in [9.17, 15) is 0 Å². The SMILES string of the molecule is Clc1ccc(CN2CCC3(CO3)c3nn[n-]c32)cc1Cl.[Rb+]. The summed E-state index contributed by atoms with van der Waals surface area (Å²) in [4.78, 5) is 2.15. The topological polar surface area (TPSA) is 55.6 Å². The van der Waals surface area contributed by atoms with Gasteiger partial charge in [0.2, 0.25) is 0 Å². The molecule has 0 radical (unpaired) electrons. The average molecular weight is 396 g/mol. The van der Waals surface area contributed by atoms with Gasteiger partial charge in [-0.15, -0.1) is 0 Å². The fraction of sp³-hybridized carbons (Fsp3) is 0.385. The molecule has 1 aromatic carbocycles. The number of halogens is 2. The molecule has 0 bridgehead atoms. The molecule has 21 heavy (non-hydrogen) atoms. The van der Waals surface area contributed by atoms with E-state index in [0.717, 1.165) is 36.6 Å². The van der Waals surface area contributed by atoms with Gasteiger partial charge >= 0.3 is 58.2 Å². The summed E-state index contributed by atoms with van der Waals surface area (Å²) >= 11 is 12.0. The summed E-state index contributed by atoms with van der Waals surface area (Å²) in [7, 11) is 0. The third-order valence-corrected chi connectivity index (χ3v) is 4.60. The number of epoxide rings is 1. The molecule has 1 spiro atoms. The minimum atomic E-state index is -0.215. The van der Waals surface area contributed by atoms with Crippen LogP contribution in [0.4, 0.5) is 5.82 Å². The van der Waals surface area contributed by atoms with Crippen molar-refractivity contribution in [3.05, 3.63) is 39.5 Å². The van der Waals surface area contributed by atoms with E-state index in [1.54, 1.807) is 0 Å². The van der Waals surface area contributed by atoms with Crippen molar-refractivity contribution in [3.63, 3.8) is 0 Å². The van der Waals surface area contributed by atoms with Gasteiger partial charge in [0.15, 0.2) is 0 Å². The molecule has 3 heterocycles. The van der Waals surface area contributed by atoms with Crippen LogP contribution in [0.15, 0.2) is 18.2 Å². The van der Waals surface area contributed by atoms with Gasteiger partial charge in [0.1, 0.15) is 5.60 Å². The molecule has 8 heteroatoms. The van der Waals surface area contributed by atoms with Gasteiger partial charge < -0.3 is 9.64 Å². The predicted molar refractivity (Wildman–Crippen MR) is 75.1 cm³/mol.